The molecule has 0 heterocycles. The summed E-state index contributed by atoms with van der Waals surface area (Å²) in [4.78, 5) is 24.2. The molecule has 1 aliphatic rings. The minimum Gasteiger partial charge on any atom is -0.444 e. The van der Waals surface area contributed by atoms with Gasteiger partial charge in [-0.25, -0.2) is 4.79 Å². The van der Waals surface area contributed by atoms with Gasteiger partial charge in [0.05, 0.1) is 16.9 Å². The van der Waals surface area contributed by atoms with Gasteiger partial charge in [0.25, 0.3) is 0 Å². The Balaban J connectivity index is 2.20. The quantitative estimate of drug-likeness (QED) is 0.688. The van der Waals surface area contributed by atoms with Crippen LogP contribution >= 0.6 is 0 Å². The molecular weight excluding hydrogens is 361 g/mol. The van der Waals surface area contributed by atoms with Crippen LogP contribution in [0.1, 0.15) is 45.6 Å². The van der Waals surface area contributed by atoms with E-state index in [1.165, 1.54) is 0 Å². The minimum atomic E-state index is -4.57. The summed E-state index contributed by atoms with van der Waals surface area (Å²) < 4.78 is 44.2. The standard InChI is InChI=1S/C19H23F3N2O3/c1-18(2,3)27-17(26)24-14-9-8-13(19(20,21)22)11-15(14)23-16(25)10-12-6-4-5-7-12/h4,6,8-9,11-12H,5,7,10H2,1-3H3,(H,23,25)(H,24,26). The SMILES string of the molecule is CC(C)(C)OC(=O)Nc1ccc(C(F)(F)F)cc1NC(=O)CC1C=CCC1. The van der Waals surface area contributed by atoms with Crippen LogP contribution in [0.15, 0.2) is 30.4 Å². The zero-order valence-corrected chi connectivity index (χ0v) is 15.4. The topological polar surface area (TPSA) is 67.4 Å². The number of amides is 2. The van der Waals surface area contributed by atoms with Gasteiger partial charge < -0.3 is 10.1 Å². The van der Waals surface area contributed by atoms with Crippen molar-refractivity contribution in [3.63, 3.8) is 0 Å². The first-order valence-corrected chi connectivity index (χ1v) is 8.62. The maximum Gasteiger partial charge on any atom is 0.416 e. The summed E-state index contributed by atoms with van der Waals surface area (Å²) in [7, 11) is 0. The number of carbonyl (C=O) groups is 2. The van der Waals surface area contributed by atoms with Crippen LogP contribution in [0.5, 0.6) is 0 Å². The van der Waals surface area contributed by atoms with Crippen LogP contribution in [0.4, 0.5) is 29.3 Å². The van der Waals surface area contributed by atoms with E-state index in [2.05, 4.69) is 10.6 Å². The van der Waals surface area contributed by atoms with Gasteiger partial charge in [-0.3, -0.25) is 10.1 Å². The fourth-order valence-electron chi connectivity index (χ4n) is 2.65. The molecule has 2 amide bonds. The first-order valence-electron chi connectivity index (χ1n) is 8.62. The van der Waals surface area contributed by atoms with Crippen LogP contribution in [-0.4, -0.2) is 17.6 Å². The van der Waals surface area contributed by atoms with E-state index >= 15 is 0 Å². The van der Waals surface area contributed by atoms with Crippen molar-refractivity contribution >= 4 is 23.4 Å². The molecule has 27 heavy (non-hydrogen) atoms. The molecule has 0 saturated heterocycles. The molecule has 0 saturated carbocycles. The van der Waals surface area contributed by atoms with Crippen LogP contribution in [0, 0.1) is 5.92 Å². The van der Waals surface area contributed by atoms with Crippen molar-refractivity contribution in [2.75, 3.05) is 10.6 Å². The molecule has 0 aromatic heterocycles. The molecule has 0 spiro atoms. The van der Waals surface area contributed by atoms with Gasteiger partial charge >= 0.3 is 12.3 Å². The third kappa shape index (κ3) is 6.62. The van der Waals surface area contributed by atoms with Crippen LogP contribution in [-0.2, 0) is 15.7 Å². The van der Waals surface area contributed by atoms with E-state index in [1.54, 1.807) is 20.8 Å². The second kappa shape index (κ2) is 8.02. The van der Waals surface area contributed by atoms with Crippen molar-refractivity contribution in [1.82, 2.24) is 0 Å². The van der Waals surface area contributed by atoms with Crippen molar-refractivity contribution in [1.29, 1.82) is 0 Å². The van der Waals surface area contributed by atoms with Crippen molar-refractivity contribution in [3.8, 4) is 0 Å². The first-order chi connectivity index (χ1) is 12.4. The molecule has 148 valence electrons. The van der Waals surface area contributed by atoms with E-state index in [0.717, 1.165) is 31.0 Å². The average Bonchev–Trinajstić information content (AvgIpc) is 2.98. The Hall–Kier alpha value is -2.51. The Morgan fingerprint density at radius 1 is 1.15 bits per heavy atom. The first kappa shape index (κ1) is 20.8. The fourth-order valence-corrected chi connectivity index (χ4v) is 2.65. The number of anilines is 2. The number of hydrogen-bond donors (Lipinski definition) is 2. The van der Waals surface area contributed by atoms with Crippen molar-refractivity contribution < 1.29 is 27.5 Å². The number of hydrogen-bond acceptors (Lipinski definition) is 3. The fraction of sp³-hybridized carbons (Fsp3) is 0.474. The molecule has 1 atom stereocenters. The molecule has 1 aromatic rings. The molecular formula is C19H23F3N2O3. The molecule has 1 aromatic carbocycles. The van der Waals surface area contributed by atoms with Gasteiger partial charge in [-0.1, -0.05) is 12.2 Å². The van der Waals surface area contributed by atoms with Crippen LogP contribution < -0.4 is 10.6 Å². The second-order valence-electron chi connectivity index (χ2n) is 7.40. The zero-order valence-electron chi connectivity index (χ0n) is 15.4. The molecule has 0 bridgehead atoms. The minimum absolute atomic E-state index is 0.0348. The second-order valence-corrected chi connectivity index (χ2v) is 7.40. The van der Waals surface area contributed by atoms with Crippen molar-refractivity contribution in [3.05, 3.63) is 35.9 Å². The van der Waals surface area contributed by atoms with Crippen molar-refractivity contribution in [2.45, 2.75) is 51.8 Å². The highest BCUT2D eigenvalue weighted by molar-refractivity contribution is 5.98. The van der Waals surface area contributed by atoms with Crippen LogP contribution in [0.2, 0.25) is 0 Å². The number of allylic oxidation sites excluding steroid dienone is 2. The maximum absolute atomic E-state index is 13.0. The van der Waals surface area contributed by atoms with E-state index in [4.69, 9.17) is 4.74 Å². The highest BCUT2D eigenvalue weighted by Gasteiger charge is 2.31. The summed E-state index contributed by atoms with van der Waals surface area (Å²) in [6.45, 7) is 4.99. The zero-order chi connectivity index (χ0) is 20.2. The highest BCUT2D eigenvalue weighted by atomic mass is 19.4. The third-order valence-electron chi connectivity index (χ3n) is 3.82. The van der Waals surface area contributed by atoms with Crippen LogP contribution in [0.3, 0.4) is 0 Å². The smallest absolute Gasteiger partial charge is 0.416 e. The van der Waals surface area contributed by atoms with Gasteiger partial charge in [-0.2, -0.15) is 13.2 Å². The average molecular weight is 384 g/mol. The Morgan fingerprint density at radius 2 is 1.85 bits per heavy atom. The van der Waals surface area contributed by atoms with Gasteiger partial charge in [-0.05, 0) is 57.7 Å². The number of nitrogens with one attached hydrogen (secondary N) is 2. The van der Waals surface area contributed by atoms with E-state index < -0.39 is 29.3 Å². The normalized spacial score (nSPS) is 16.9. The molecule has 2 rings (SSSR count). The Bertz CT molecular complexity index is 737. The third-order valence-corrected chi connectivity index (χ3v) is 3.82. The van der Waals surface area contributed by atoms with Crippen LogP contribution in [0.25, 0.3) is 0 Å². The van der Waals surface area contributed by atoms with Crippen molar-refractivity contribution in [2.24, 2.45) is 5.92 Å². The molecule has 0 radical (unpaired) electrons. The Kier molecular flexibility index (Phi) is 6.18. The molecule has 1 unspecified atom stereocenters. The number of benzene rings is 1. The Labute approximate surface area is 156 Å². The summed E-state index contributed by atoms with van der Waals surface area (Å²) in [5, 5.41) is 4.86. The molecule has 2 N–H and O–H groups in total. The largest absolute Gasteiger partial charge is 0.444 e. The summed E-state index contributed by atoms with van der Waals surface area (Å²) in [5.41, 5.74) is -1.78. The lowest BCUT2D eigenvalue weighted by Gasteiger charge is -2.21. The summed E-state index contributed by atoms with van der Waals surface area (Å²) in [6.07, 6.45) is 0.378. The summed E-state index contributed by atoms with van der Waals surface area (Å²) in [6, 6.07) is 2.73. The monoisotopic (exact) mass is 384 g/mol. The van der Waals surface area contributed by atoms with Gasteiger partial charge in [0, 0.05) is 6.42 Å². The molecule has 1 aliphatic carbocycles. The lowest BCUT2D eigenvalue weighted by Crippen LogP contribution is -2.27. The summed E-state index contributed by atoms with van der Waals surface area (Å²) >= 11 is 0. The number of carbonyl (C=O) groups excluding carboxylic acids is 2. The lowest BCUT2D eigenvalue weighted by atomic mass is 10.0. The Morgan fingerprint density at radius 3 is 2.41 bits per heavy atom. The number of rotatable bonds is 4. The van der Waals surface area contributed by atoms with E-state index in [1.807, 2.05) is 12.2 Å². The molecule has 0 aliphatic heterocycles. The van der Waals surface area contributed by atoms with Gasteiger partial charge in [-0.15, -0.1) is 0 Å². The van der Waals surface area contributed by atoms with Gasteiger partial charge in [0.15, 0.2) is 0 Å². The number of alkyl halides is 3. The summed E-state index contributed by atoms with van der Waals surface area (Å²) in [5.74, 6) is -0.351. The maximum atomic E-state index is 13.0. The van der Waals surface area contributed by atoms with E-state index in [-0.39, 0.29) is 23.7 Å². The van der Waals surface area contributed by atoms with Gasteiger partial charge in [0.2, 0.25) is 5.91 Å². The van der Waals surface area contributed by atoms with E-state index in [9.17, 15) is 22.8 Å². The predicted octanol–water partition coefficient (Wildman–Crippen LogP) is 5.35. The molecule has 8 heteroatoms. The number of ether oxygens (including phenoxy) is 1. The number of halogens is 3. The van der Waals surface area contributed by atoms with Gasteiger partial charge in [0.1, 0.15) is 5.60 Å². The highest BCUT2D eigenvalue weighted by Crippen LogP contribution is 2.34. The molecule has 0 fully saturated rings. The van der Waals surface area contributed by atoms with E-state index in [0.29, 0.717) is 0 Å². The lowest BCUT2D eigenvalue weighted by molar-refractivity contribution is -0.137. The predicted molar refractivity (Wildman–Crippen MR) is 96.4 cm³/mol. The molecule has 5 nitrogen and oxygen atoms in total.